The molecular formula is C16H25NO4S. The van der Waals surface area contributed by atoms with Crippen molar-refractivity contribution >= 4 is 16.0 Å². The van der Waals surface area contributed by atoms with Gasteiger partial charge in [-0.2, -0.15) is 0 Å². The molecule has 0 saturated heterocycles. The summed E-state index contributed by atoms with van der Waals surface area (Å²) in [7, 11) is -3.62. The lowest BCUT2D eigenvalue weighted by molar-refractivity contribution is -0.143. The quantitative estimate of drug-likeness (QED) is 0.708. The van der Waals surface area contributed by atoms with E-state index in [-0.39, 0.29) is 17.9 Å². The molecule has 1 aromatic rings. The summed E-state index contributed by atoms with van der Waals surface area (Å²) in [5.74, 6) is -0.410. The van der Waals surface area contributed by atoms with Gasteiger partial charge in [-0.25, -0.2) is 13.1 Å². The van der Waals surface area contributed by atoms with Crippen molar-refractivity contribution in [2.45, 2.75) is 57.4 Å². The van der Waals surface area contributed by atoms with Gasteiger partial charge < -0.3 is 4.74 Å². The van der Waals surface area contributed by atoms with Crippen LogP contribution < -0.4 is 4.72 Å². The van der Waals surface area contributed by atoms with Gasteiger partial charge in [0.2, 0.25) is 10.0 Å². The van der Waals surface area contributed by atoms with Crippen LogP contribution in [0.5, 0.6) is 0 Å². The second-order valence-electron chi connectivity index (χ2n) is 5.28. The lowest BCUT2D eigenvalue weighted by atomic mass is 10.1. The van der Waals surface area contributed by atoms with E-state index in [4.69, 9.17) is 4.74 Å². The molecule has 0 heterocycles. The number of nitrogens with one attached hydrogen (secondary N) is 1. The zero-order chi connectivity index (χ0) is 16.6. The highest BCUT2D eigenvalue weighted by Crippen LogP contribution is 2.13. The van der Waals surface area contributed by atoms with Crippen LogP contribution in [0.1, 0.15) is 45.6 Å². The number of ether oxygens (including phenoxy) is 1. The zero-order valence-corrected chi connectivity index (χ0v) is 14.3. The summed E-state index contributed by atoms with van der Waals surface area (Å²) in [5.41, 5.74) is 1.13. The Kier molecular flexibility index (Phi) is 7.55. The smallest absolute Gasteiger partial charge is 0.307 e. The van der Waals surface area contributed by atoms with Crippen LogP contribution in [-0.2, 0) is 26.0 Å². The van der Waals surface area contributed by atoms with Crippen LogP contribution in [0, 0.1) is 0 Å². The Balaban J connectivity index is 2.67. The van der Waals surface area contributed by atoms with E-state index < -0.39 is 22.0 Å². The number of hydrogen-bond acceptors (Lipinski definition) is 4. The van der Waals surface area contributed by atoms with E-state index in [2.05, 4.69) is 11.6 Å². The van der Waals surface area contributed by atoms with Crippen LogP contribution in [0.2, 0.25) is 0 Å². The summed E-state index contributed by atoms with van der Waals surface area (Å²) in [5, 5.41) is 0. The van der Waals surface area contributed by atoms with Crippen LogP contribution in [0.25, 0.3) is 0 Å². The minimum atomic E-state index is -3.62. The van der Waals surface area contributed by atoms with Gasteiger partial charge in [0.15, 0.2) is 0 Å². The van der Waals surface area contributed by atoms with Crippen molar-refractivity contribution in [1.82, 2.24) is 4.72 Å². The second-order valence-corrected chi connectivity index (χ2v) is 6.99. The average molecular weight is 327 g/mol. The third kappa shape index (κ3) is 6.15. The van der Waals surface area contributed by atoms with Crippen molar-refractivity contribution in [2.24, 2.45) is 0 Å². The van der Waals surface area contributed by atoms with Gasteiger partial charge in [0.05, 0.1) is 17.9 Å². The summed E-state index contributed by atoms with van der Waals surface area (Å²) >= 11 is 0. The molecule has 0 amide bonds. The highest BCUT2D eigenvalue weighted by Gasteiger charge is 2.19. The van der Waals surface area contributed by atoms with E-state index in [1.54, 1.807) is 26.0 Å². The van der Waals surface area contributed by atoms with Crippen LogP contribution >= 0.6 is 0 Å². The van der Waals surface area contributed by atoms with Gasteiger partial charge in [0.1, 0.15) is 0 Å². The van der Waals surface area contributed by atoms with Gasteiger partial charge in [0, 0.05) is 6.04 Å². The number of esters is 1. The third-order valence-electron chi connectivity index (χ3n) is 3.19. The summed E-state index contributed by atoms with van der Waals surface area (Å²) in [4.78, 5) is 11.6. The molecule has 1 unspecified atom stereocenters. The number of carbonyl (C=O) groups is 1. The number of carbonyl (C=O) groups excluding carboxylic acids is 1. The van der Waals surface area contributed by atoms with Gasteiger partial charge in [0.25, 0.3) is 0 Å². The number of unbranched alkanes of at least 4 members (excludes halogenated alkanes) is 1. The molecule has 124 valence electrons. The lowest BCUT2D eigenvalue weighted by Crippen LogP contribution is -2.34. The molecular weight excluding hydrogens is 302 g/mol. The van der Waals surface area contributed by atoms with Crippen LogP contribution in [0.3, 0.4) is 0 Å². The molecule has 6 heteroatoms. The van der Waals surface area contributed by atoms with E-state index >= 15 is 0 Å². The minimum Gasteiger partial charge on any atom is -0.466 e. The van der Waals surface area contributed by atoms with E-state index in [9.17, 15) is 13.2 Å². The Hall–Kier alpha value is -1.40. The van der Waals surface area contributed by atoms with Crippen molar-refractivity contribution in [3.05, 3.63) is 29.8 Å². The maximum atomic E-state index is 12.2. The molecule has 1 atom stereocenters. The maximum Gasteiger partial charge on any atom is 0.307 e. The molecule has 0 saturated carbocycles. The van der Waals surface area contributed by atoms with Gasteiger partial charge in [-0.05, 0) is 44.4 Å². The standard InChI is InChI=1S/C16H25NO4S/c1-4-6-7-14-8-10-15(11-9-14)22(19,20)17-13(3)12-16(18)21-5-2/h8-11,13,17H,4-7,12H2,1-3H3. The molecule has 5 nitrogen and oxygen atoms in total. The zero-order valence-electron chi connectivity index (χ0n) is 13.5. The van der Waals surface area contributed by atoms with E-state index in [1.165, 1.54) is 0 Å². The fraction of sp³-hybridized carbons (Fsp3) is 0.562. The number of hydrogen-bond donors (Lipinski definition) is 1. The topological polar surface area (TPSA) is 72.5 Å². The number of rotatable bonds is 9. The summed E-state index contributed by atoms with van der Waals surface area (Å²) in [6.07, 6.45) is 3.15. The molecule has 0 aliphatic heterocycles. The number of aryl methyl sites for hydroxylation is 1. The van der Waals surface area contributed by atoms with Gasteiger partial charge >= 0.3 is 5.97 Å². The first-order chi connectivity index (χ1) is 10.4. The average Bonchev–Trinajstić information content (AvgIpc) is 2.45. The van der Waals surface area contributed by atoms with Crippen LogP contribution in [-0.4, -0.2) is 27.0 Å². The van der Waals surface area contributed by atoms with Crippen molar-refractivity contribution in [2.75, 3.05) is 6.61 Å². The fourth-order valence-corrected chi connectivity index (χ4v) is 3.30. The molecule has 0 aliphatic rings. The van der Waals surface area contributed by atoms with Gasteiger partial charge in [-0.1, -0.05) is 25.5 Å². The molecule has 0 fully saturated rings. The molecule has 0 aliphatic carbocycles. The largest absolute Gasteiger partial charge is 0.466 e. The van der Waals surface area contributed by atoms with Gasteiger partial charge in [-0.15, -0.1) is 0 Å². The predicted molar refractivity (Wildman–Crippen MR) is 86.1 cm³/mol. The van der Waals surface area contributed by atoms with E-state index in [1.807, 2.05) is 12.1 Å². The van der Waals surface area contributed by atoms with Crippen molar-refractivity contribution in [1.29, 1.82) is 0 Å². The number of sulfonamides is 1. The Bertz CT molecular complexity index is 566. The minimum absolute atomic E-state index is 0.0155. The lowest BCUT2D eigenvalue weighted by Gasteiger charge is -2.13. The number of benzene rings is 1. The predicted octanol–water partition coefficient (Wildman–Crippen LogP) is 2.65. The summed E-state index contributed by atoms with van der Waals surface area (Å²) in [6, 6.07) is 6.36. The summed E-state index contributed by atoms with van der Waals surface area (Å²) < 4.78 is 31.8. The van der Waals surface area contributed by atoms with E-state index in [0.717, 1.165) is 24.8 Å². The monoisotopic (exact) mass is 327 g/mol. The molecule has 1 N–H and O–H groups in total. The molecule has 0 radical (unpaired) electrons. The van der Waals surface area contributed by atoms with Crippen molar-refractivity contribution < 1.29 is 17.9 Å². The normalized spacial score (nSPS) is 12.9. The third-order valence-corrected chi connectivity index (χ3v) is 4.79. The SMILES string of the molecule is CCCCc1ccc(S(=O)(=O)NC(C)CC(=O)OCC)cc1. The molecule has 22 heavy (non-hydrogen) atoms. The van der Waals surface area contributed by atoms with Gasteiger partial charge in [-0.3, -0.25) is 4.79 Å². The maximum absolute atomic E-state index is 12.2. The van der Waals surface area contributed by atoms with Crippen molar-refractivity contribution in [3.63, 3.8) is 0 Å². The van der Waals surface area contributed by atoms with Crippen molar-refractivity contribution in [3.8, 4) is 0 Å². The molecule has 0 spiro atoms. The Morgan fingerprint density at radius 3 is 2.41 bits per heavy atom. The fourth-order valence-electron chi connectivity index (χ4n) is 2.06. The molecule has 0 aromatic heterocycles. The Morgan fingerprint density at radius 2 is 1.86 bits per heavy atom. The van der Waals surface area contributed by atoms with Crippen LogP contribution in [0.15, 0.2) is 29.2 Å². The highest BCUT2D eigenvalue weighted by atomic mass is 32.2. The second kappa shape index (κ2) is 8.90. The molecule has 0 bridgehead atoms. The van der Waals surface area contributed by atoms with Crippen LogP contribution in [0.4, 0.5) is 0 Å². The first-order valence-corrected chi connectivity index (χ1v) is 9.14. The highest BCUT2D eigenvalue weighted by molar-refractivity contribution is 7.89. The first-order valence-electron chi connectivity index (χ1n) is 7.66. The summed E-state index contributed by atoms with van der Waals surface area (Å²) in [6.45, 7) is 5.77. The van der Waals surface area contributed by atoms with E-state index in [0.29, 0.717) is 0 Å². The molecule has 1 rings (SSSR count). The first kappa shape index (κ1) is 18.6. The Labute approximate surface area is 133 Å². The molecule has 1 aromatic carbocycles. The Morgan fingerprint density at radius 1 is 1.23 bits per heavy atom.